The van der Waals surface area contributed by atoms with E-state index in [2.05, 4.69) is 5.32 Å². The highest BCUT2D eigenvalue weighted by molar-refractivity contribution is 6.04. The second-order valence-corrected chi connectivity index (χ2v) is 10.8. The SMILES string of the molecule is CC(C)(C)OC(=O)NC(CC(=O)c1ccc(C(=O)OC(C)(C)C)cc1[N+](=O)[O-])(Cc1ccccc1)C(=O)O. The van der Waals surface area contributed by atoms with Crippen LogP contribution in [0.4, 0.5) is 10.5 Å². The molecule has 0 spiro atoms. The number of nitrogens with one attached hydrogen (secondary N) is 1. The number of alkyl carbamates (subject to hydrolysis) is 1. The summed E-state index contributed by atoms with van der Waals surface area (Å²) in [6.45, 7) is 9.67. The Hall–Kier alpha value is -4.28. The van der Waals surface area contributed by atoms with Gasteiger partial charge in [-0.25, -0.2) is 14.4 Å². The zero-order valence-corrected chi connectivity index (χ0v) is 22.2. The Balaban J connectivity index is 2.52. The van der Waals surface area contributed by atoms with Crippen LogP contribution >= 0.6 is 0 Å². The monoisotopic (exact) mass is 528 g/mol. The van der Waals surface area contributed by atoms with E-state index in [1.54, 1.807) is 71.9 Å². The first-order chi connectivity index (χ1) is 17.4. The molecule has 0 aliphatic carbocycles. The molecule has 1 atom stereocenters. The van der Waals surface area contributed by atoms with Crippen molar-refractivity contribution in [3.8, 4) is 0 Å². The maximum absolute atomic E-state index is 13.4. The Morgan fingerprint density at radius 2 is 1.50 bits per heavy atom. The Morgan fingerprint density at radius 1 is 0.921 bits per heavy atom. The van der Waals surface area contributed by atoms with E-state index in [0.717, 1.165) is 12.1 Å². The Kier molecular flexibility index (Phi) is 8.99. The molecule has 2 aromatic rings. The molecule has 2 rings (SSSR count). The number of carboxylic acid groups (broad SMARTS) is 1. The lowest BCUT2D eigenvalue weighted by Crippen LogP contribution is -2.58. The van der Waals surface area contributed by atoms with Crippen molar-refractivity contribution >= 4 is 29.5 Å². The predicted molar refractivity (Wildman–Crippen MR) is 137 cm³/mol. The van der Waals surface area contributed by atoms with Gasteiger partial charge in [-0.05, 0) is 59.2 Å². The van der Waals surface area contributed by atoms with Gasteiger partial charge >= 0.3 is 18.0 Å². The van der Waals surface area contributed by atoms with Crippen molar-refractivity contribution in [2.45, 2.75) is 71.1 Å². The van der Waals surface area contributed by atoms with Crippen LogP contribution in [0.1, 0.15) is 74.2 Å². The first kappa shape index (κ1) is 29.9. The number of ketones is 1. The average molecular weight is 529 g/mol. The number of nitro benzene ring substituents is 1. The topological polar surface area (TPSA) is 162 Å². The Bertz CT molecular complexity index is 1230. The first-order valence-corrected chi connectivity index (χ1v) is 11.8. The number of Topliss-reactive ketones (excluding diaryl/α,β-unsaturated/α-hetero) is 1. The third-order valence-corrected chi connectivity index (χ3v) is 5.09. The minimum atomic E-state index is -2.20. The van der Waals surface area contributed by atoms with Gasteiger partial charge in [0.1, 0.15) is 11.2 Å². The van der Waals surface area contributed by atoms with Crippen molar-refractivity contribution in [2.75, 3.05) is 0 Å². The molecule has 0 heterocycles. The molecular formula is C27H32N2O9. The van der Waals surface area contributed by atoms with Crippen molar-refractivity contribution in [3.05, 3.63) is 75.3 Å². The second kappa shape index (κ2) is 11.4. The number of hydrogen-bond donors (Lipinski definition) is 2. The number of carbonyl (C=O) groups excluding carboxylic acids is 3. The second-order valence-electron chi connectivity index (χ2n) is 10.8. The lowest BCUT2D eigenvalue weighted by Gasteiger charge is -2.31. The highest BCUT2D eigenvalue weighted by Crippen LogP contribution is 2.28. The smallest absolute Gasteiger partial charge is 0.408 e. The fourth-order valence-electron chi connectivity index (χ4n) is 3.55. The Labute approximate surface area is 220 Å². The molecule has 2 aromatic carbocycles. The summed E-state index contributed by atoms with van der Waals surface area (Å²) in [6.07, 6.45) is -2.21. The molecule has 38 heavy (non-hydrogen) atoms. The van der Waals surface area contributed by atoms with E-state index in [1.807, 2.05) is 0 Å². The van der Waals surface area contributed by atoms with Crippen LogP contribution in [0, 0.1) is 10.1 Å². The van der Waals surface area contributed by atoms with Gasteiger partial charge in [-0.1, -0.05) is 30.3 Å². The average Bonchev–Trinajstić information content (AvgIpc) is 2.76. The molecule has 11 nitrogen and oxygen atoms in total. The minimum Gasteiger partial charge on any atom is -0.479 e. The van der Waals surface area contributed by atoms with Crippen molar-refractivity contribution in [1.29, 1.82) is 0 Å². The van der Waals surface area contributed by atoms with Crippen LogP contribution in [0.25, 0.3) is 0 Å². The lowest BCUT2D eigenvalue weighted by atomic mass is 9.84. The molecule has 0 bridgehead atoms. The van der Waals surface area contributed by atoms with Gasteiger partial charge in [0.25, 0.3) is 5.69 Å². The van der Waals surface area contributed by atoms with E-state index in [4.69, 9.17) is 9.47 Å². The molecule has 2 N–H and O–H groups in total. The minimum absolute atomic E-state index is 0.149. The highest BCUT2D eigenvalue weighted by Gasteiger charge is 2.44. The van der Waals surface area contributed by atoms with E-state index < -0.39 is 63.2 Å². The standard InChI is InChI=1S/C27H32N2O9/c1-25(2,3)37-22(31)18-12-13-19(20(14-18)29(35)36)21(30)16-27(23(32)33,15-17-10-8-7-9-11-17)28-24(34)38-26(4,5)6/h7-14H,15-16H2,1-6H3,(H,28,34)(H,32,33). The summed E-state index contributed by atoms with van der Waals surface area (Å²) >= 11 is 0. The van der Waals surface area contributed by atoms with Gasteiger partial charge in [-0.2, -0.15) is 0 Å². The van der Waals surface area contributed by atoms with Gasteiger partial charge in [0.15, 0.2) is 11.3 Å². The number of nitro groups is 1. The van der Waals surface area contributed by atoms with Crippen LogP contribution in [0.5, 0.6) is 0 Å². The third kappa shape index (κ3) is 8.39. The van der Waals surface area contributed by atoms with Crippen LogP contribution in [0.2, 0.25) is 0 Å². The molecule has 0 saturated carbocycles. The number of esters is 1. The summed E-state index contributed by atoms with van der Waals surface area (Å²) in [4.78, 5) is 61.9. The van der Waals surface area contributed by atoms with E-state index in [-0.39, 0.29) is 12.0 Å². The molecule has 204 valence electrons. The van der Waals surface area contributed by atoms with Crippen LogP contribution in [0.3, 0.4) is 0 Å². The van der Waals surface area contributed by atoms with Gasteiger partial charge in [0, 0.05) is 18.9 Å². The largest absolute Gasteiger partial charge is 0.479 e. The molecular weight excluding hydrogens is 496 g/mol. The summed E-state index contributed by atoms with van der Waals surface area (Å²) in [5.41, 5.74) is -4.79. The number of carboxylic acids is 1. The van der Waals surface area contributed by atoms with Crippen LogP contribution in [-0.4, -0.2) is 50.6 Å². The van der Waals surface area contributed by atoms with Gasteiger partial charge in [0.2, 0.25) is 0 Å². The Morgan fingerprint density at radius 3 is 2.00 bits per heavy atom. The number of rotatable bonds is 9. The maximum Gasteiger partial charge on any atom is 0.408 e. The summed E-state index contributed by atoms with van der Waals surface area (Å²) in [6, 6.07) is 11.5. The van der Waals surface area contributed by atoms with Crippen LogP contribution < -0.4 is 5.32 Å². The first-order valence-electron chi connectivity index (χ1n) is 11.8. The number of amides is 1. The van der Waals surface area contributed by atoms with E-state index >= 15 is 0 Å². The van der Waals surface area contributed by atoms with E-state index in [9.17, 15) is 34.4 Å². The molecule has 0 radical (unpaired) electrons. The molecule has 1 unspecified atom stereocenters. The normalized spacial score (nSPS) is 13.1. The van der Waals surface area contributed by atoms with Gasteiger partial charge in [-0.3, -0.25) is 14.9 Å². The number of carbonyl (C=O) groups is 4. The highest BCUT2D eigenvalue weighted by atomic mass is 16.6. The third-order valence-electron chi connectivity index (χ3n) is 5.09. The van der Waals surface area contributed by atoms with Gasteiger partial charge in [-0.15, -0.1) is 0 Å². The van der Waals surface area contributed by atoms with E-state index in [0.29, 0.717) is 5.56 Å². The summed E-state index contributed by atoms with van der Waals surface area (Å²) in [5.74, 6) is -3.29. The summed E-state index contributed by atoms with van der Waals surface area (Å²) in [5, 5.41) is 24.3. The zero-order valence-electron chi connectivity index (χ0n) is 22.2. The fraction of sp³-hybridized carbons (Fsp3) is 0.407. The van der Waals surface area contributed by atoms with E-state index in [1.165, 1.54) is 6.07 Å². The molecule has 0 aliphatic heterocycles. The zero-order chi connectivity index (χ0) is 28.9. The van der Waals surface area contributed by atoms with Crippen molar-refractivity contribution in [3.63, 3.8) is 0 Å². The number of benzene rings is 2. The van der Waals surface area contributed by atoms with Crippen LogP contribution in [-0.2, 0) is 20.7 Å². The van der Waals surface area contributed by atoms with Crippen molar-refractivity contribution in [1.82, 2.24) is 5.32 Å². The molecule has 0 saturated heterocycles. The number of nitrogens with zero attached hydrogens (tertiary/aromatic N) is 1. The number of ether oxygens (including phenoxy) is 2. The van der Waals surface area contributed by atoms with Crippen molar-refractivity contribution in [2.24, 2.45) is 0 Å². The summed E-state index contributed by atoms with van der Waals surface area (Å²) in [7, 11) is 0. The van der Waals surface area contributed by atoms with Crippen molar-refractivity contribution < 1.29 is 38.7 Å². The molecule has 0 aromatic heterocycles. The quantitative estimate of drug-likeness (QED) is 0.203. The fourth-order valence-corrected chi connectivity index (χ4v) is 3.55. The molecule has 1 amide bonds. The number of aliphatic carboxylic acids is 1. The summed E-state index contributed by atoms with van der Waals surface area (Å²) < 4.78 is 10.5. The molecule has 0 fully saturated rings. The predicted octanol–water partition coefficient (Wildman–Crippen LogP) is 4.71. The maximum atomic E-state index is 13.4. The van der Waals surface area contributed by atoms with Crippen LogP contribution in [0.15, 0.2) is 48.5 Å². The van der Waals surface area contributed by atoms with Gasteiger partial charge in [0.05, 0.1) is 16.1 Å². The molecule has 11 heteroatoms. The molecule has 0 aliphatic rings. The lowest BCUT2D eigenvalue weighted by molar-refractivity contribution is -0.385. The van der Waals surface area contributed by atoms with Gasteiger partial charge < -0.3 is 19.9 Å². The number of hydrogen-bond acceptors (Lipinski definition) is 8.